The van der Waals surface area contributed by atoms with Gasteiger partial charge in [0.2, 0.25) is 0 Å². The van der Waals surface area contributed by atoms with Crippen molar-refractivity contribution in [2.45, 2.75) is 38.3 Å². The fourth-order valence-electron chi connectivity index (χ4n) is 3.23. The number of benzene rings is 1. The van der Waals surface area contributed by atoms with E-state index in [-0.39, 0.29) is 24.0 Å². The molecule has 0 saturated carbocycles. The van der Waals surface area contributed by atoms with Crippen LogP contribution in [0.4, 0.5) is 0 Å². The number of aliphatic imine (C=N–C) groups is 1. The van der Waals surface area contributed by atoms with E-state index in [0.29, 0.717) is 6.04 Å². The number of hydrogen-bond donors (Lipinski definition) is 2. The summed E-state index contributed by atoms with van der Waals surface area (Å²) in [6.07, 6.45) is 4.99. The monoisotopic (exact) mass is 448 g/mol. The molecule has 3 rings (SSSR count). The molecular formula is C17H26ClIN4. The predicted octanol–water partition coefficient (Wildman–Crippen LogP) is 3.25. The third-order valence-corrected chi connectivity index (χ3v) is 4.66. The lowest BCUT2D eigenvalue weighted by Gasteiger charge is -2.36. The predicted molar refractivity (Wildman–Crippen MR) is 108 cm³/mol. The number of halogens is 2. The lowest BCUT2D eigenvalue weighted by molar-refractivity contribution is 0.141. The van der Waals surface area contributed by atoms with Gasteiger partial charge in [-0.3, -0.25) is 9.89 Å². The smallest absolute Gasteiger partial charge is 0.191 e. The van der Waals surface area contributed by atoms with Crippen LogP contribution in [-0.2, 0) is 6.54 Å². The summed E-state index contributed by atoms with van der Waals surface area (Å²) in [5.74, 6) is 0.972. The third-order valence-electron chi connectivity index (χ3n) is 4.43. The van der Waals surface area contributed by atoms with E-state index in [1.807, 2.05) is 12.1 Å². The largest absolute Gasteiger partial charge is 0.356 e. The Balaban J connectivity index is 0.00000192. The molecule has 2 aliphatic heterocycles. The molecule has 1 fully saturated rings. The summed E-state index contributed by atoms with van der Waals surface area (Å²) >= 11 is 6.11. The van der Waals surface area contributed by atoms with Crippen LogP contribution in [-0.4, -0.2) is 43.1 Å². The van der Waals surface area contributed by atoms with E-state index < -0.39 is 0 Å². The minimum atomic E-state index is 0. The van der Waals surface area contributed by atoms with Gasteiger partial charge in [-0.25, -0.2) is 0 Å². The molecule has 0 radical (unpaired) electrons. The first kappa shape index (κ1) is 18.8. The Morgan fingerprint density at radius 3 is 3.00 bits per heavy atom. The van der Waals surface area contributed by atoms with E-state index >= 15 is 0 Å². The van der Waals surface area contributed by atoms with Crippen LogP contribution >= 0.6 is 35.6 Å². The molecule has 1 atom stereocenters. The van der Waals surface area contributed by atoms with Crippen LogP contribution in [0.5, 0.6) is 0 Å². The average molecular weight is 449 g/mol. The molecule has 0 aliphatic carbocycles. The van der Waals surface area contributed by atoms with Crippen LogP contribution < -0.4 is 10.6 Å². The molecule has 4 nitrogen and oxygen atoms in total. The Morgan fingerprint density at radius 2 is 2.22 bits per heavy atom. The lowest BCUT2D eigenvalue weighted by Crippen LogP contribution is -2.49. The Kier molecular flexibility index (Phi) is 7.92. The van der Waals surface area contributed by atoms with Crippen LogP contribution in [0.1, 0.15) is 31.2 Å². The van der Waals surface area contributed by atoms with Crippen LogP contribution in [0.3, 0.4) is 0 Å². The summed E-state index contributed by atoms with van der Waals surface area (Å²) < 4.78 is 0. The number of likely N-dealkylation sites (tertiary alicyclic amines) is 1. The van der Waals surface area contributed by atoms with Gasteiger partial charge in [0.15, 0.2) is 5.96 Å². The average Bonchev–Trinajstić information content (AvgIpc) is 2.55. The number of hydrogen-bond acceptors (Lipinski definition) is 4. The van der Waals surface area contributed by atoms with Crippen molar-refractivity contribution < 1.29 is 0 Å². The molecule has 128 valence electrons. The van der Waals surface area contributed by atoms with Gasteiger partial charge in [-0.15, -0.1) is 24.0 Å². The number of nitrogens with one attached hydrogen (secondary N) is 2. The molecule has 1 saturated heterocycles. The van der Waals surface area contributed by atoms with Crippen molar-refractivity contribution in [2.24, 2.45) is 4.99 Å². The van der Waals surface area contributed by atoms with Crippen molar-refractivity contribution in [1.82, 2.24) is 15.5 Å². The fourth-order valence-corrected chi connectivity index (χ4v) is 3.45. The van der Waals surface area contributed by atoms with Crippen molar-refractivity contribution in [1.29, 1.82) is 0 Å². The molecule has 0 spiro atoms. The second-order valence-corrected chi connectivity index (χ2v) is 6.58. The quantitative estimate of drug-likeness (QED) is 0.695. The van der Waals surface area contributed by atoms with E-state index in [1.54, 1.807) is 0 Å². The second-order valence-electron chi connectivity index (χ2n) is 6.14. The fraction of sp³-hybridized carbons (Fsp3) is 0.588. The molecule has 2 N–H and O–H groups in total. The molecule has 6 heteroatoms. The third kappa shape index (κ3) is 5.80. The van der Waals surface area contributed by atoms with Crippen molar-refractivity contribution >= 4 is 41.5 Å². The second kappa shape index (κ2) is 9.69. The highest BCUT2D eigenvalue weighted by molar-refractivity contribution is 14.0. The summed E-state index contributed by atoms with van der Waals surface area (Å²) in [5.41, 5.74) is 1.30. The topological polar surface area (TPSA) is 39.7 Å². The highest BCUT2D eigenvalue weighted by Gasteiger charge is 2.22. The van der Waals surface area contributed by atoms with E-state index in [4.69, 9.17) is 11.6 Å². The van der Waals surface area contributed by atoms with Crippen molar-refractivity contribution in [3.8, 4) is 0 Å². The van der Waals surface area contributed by atoms with E-state index in [9.17, 15) is 0 Å². The van der Waals surface area contributed by atoms with Crippen LogP contribution in [0.15, 0.2) is 29.3 Å². The molecule has 0 amide bonds. The van der Waals surface area contributed by atoms with E-state index in [2.05, 4.69) is 32.7 Å². The SMILES string of the molecule is Clc1cccc(CN2CCCCC2CNC2=NCCCN2)c1.I. The maximum Gasteiger partial charge on any atom is 0.191 e. The van der Waals surface area contributed by atoms with Crippen LogP contribution in [0, 0.1) is 0 Å². The number of rotatable bonds is 4. The molecule has 23 heavy (non-hydrogen) atoms. The van der Waals surface area contributed by atoms with Gasteiger partial charge in [-0.05, 0) is 43.5 Å². The highest BCUT2D eigenvalue weighted by Crippen LogP contribution is 2.20. The first-order chi connectivity index (χ1) is 10.8. The van der Waals surface area contributed by atoms with Crippen LogP contribution in [0.2, 0.25) is 5.02 Å². The number of nitrogens with zero attached hydrogens (tertiary/aromatic N) is 2. The normalized spacial score (nSPS) is 21.8. The van der Waals surface area contributed by atoms with Gasteiger partial charge < -0.3 is 10.6 Å². The maximum atomic E-state index is 6.11. The summed E-state index contributed by atoms with van der Waals surface area (Å²) in [6.45, 7) is 5.08. The first-order valence-corrected chi connectivity index (χ1v) is 8.70. The zero-order valence-corrected chi connectivity index (χ0v) is 16.5. The molecule has 1 aromatic carbocycles. The summed E-state index contributed by atoms with van der Waals surface area (Å²) in [4.78, 5) is 7.07. The Bertz CT molecular complexity index is 523. The van der Waals surface area contributed by atoms with E-state index in [1.165, 1.54) is 31.4 Å². The first-order valence-electron chi connectivity index (χ1n) is 8.32. The number of guanidine groups is 1. The molecule has 2 heterocycles. The standard InChI is InChI=1S/C17H25ClN4.HI/c18-15-6-3-5-14(11-15)13-22-10-2-1-7-16(22)12-21-17-19-8-4-9-20-17;/h3,5-6,11,16H,1-2,4,7-10,12-13H2,(H2,19,20,21);1H. The minimum absolute atomic E-state index is 0. The lowest BCUT2D eigenvalue weighted by atomic mass is 10.0. The molecular weight excluding hydrogens is 423 g/mol. The van der Waals surface area contributed by atoms with Gasteiger partial charge in [-0.1, -0.05) is 30.2 Å². The minimum Gasteiger partial charge on any atom is -0.356 e. The van der Waals surface area contributed by atoms with Gasteiger partial charge in [0.05, 0.1) is 0 Å². The Hall–Kier alpha value is -0.530. The molecule has 1 aromatic rings. The zero-order chi connectivity index (χ0) is 15.2. The van der Waals surface area contributed by atoms with Crippen molar-refractivity contribution in [2.75, 3.05) is 26.2 Å². The van der Waals surface area contributed by atoms with Crippen molar-refractivity contribution in [3.05, 3.63) is 34.9 Å². The summed E-state index contributed by atoms with van der Waals surface area (Å²) in [5, 5.41) is 7.65. The molecule has 0 bridgehead atoms. The summed E-state index contributed by atoms with van der Waals surface area (Å²) in [6, 6.07) is 8.78. The zero-order valence-electron chi connectivity index (χ0n) is 13.4. The van der Waals surface area contributed by atoms with Crippen LogP contribution in [0.25, 0.3) is 0 Å². The van der Waals surface area contributed by atoms with Gasteiger partial charge in [-0.2, -0.15) is 0 Å². The Labute approximate surface area is 161 Å². The summed E-state index contributed by atoms with van der Waals surface area (Å²) in [7, 11) is 0. The van der Waals surface area contributed by atoms with Crippen molar-refractivity contribution in [3.63, 3.8) is 0 Å². The Morgan fingerprint density at radius 1 is 1.30 bits per heavy atom. The van der Waals surface area contributed by atoms with Gasteiger partial charge in [0.25, 0.3) is 0 Å². The molecule has 1 unspecified atom stereocenters. The van der Waals surface area contributed by atoms with Gasteiger partial charge in [0, 0.05) is 37.2 Å². The molecule has 2 aliphatic rings. The highest BCUT2D eigenvalue weighted by atomic mass is 127. The van der Waals surface area contributed by atoms with E-state index in [0.717, 1.165) is 43.6 Å². The van der Waals surface area contributed by atoms with Gasteiger partial charge >= 0.3 is 0 Å². The maximum absolute atomic E-state index is 6.11. The molecule has 0 aromatic heterocycles. The van der Waals surface area contributed by atoms with Gasteiger partial charge in [0.1, 0.15) is 0 Å². The number of piperidine rings is 1.